The standard InChI is InChI=1S/C16H11ClN4O8/c17-10-3-6-13(21(27)28)12(7-10)16(24)29-8-14(22)18-19-15(23)9-1-4-11(5-2-9)20(25)26/h1-7H,8H2,(H,18,22)(H,19,23). The first kappa shape index (κ1) is 21.2. The fraction of sp³-hybridized carbons (Fsp3) is 0.0625. The van der Waals surface area contributed by atoms with E-state index >= 15 is 0 Å². The van der Waals surface area contributed by atoms with Gasteiger partial charge in [-0.3, -0.25) is 40.7 Å². The maximum atomic E-state index is 12.0. The second-order valence-corrected chi connectivity index (χ2v) is 5.74. The molecule has 2 rings (SSSR count). The second-order valence-electron chi connectivity index (χ2n) is 5.30. The van der Waals surface area contributed by atoms with E-state index in [1.54, 1.807) is 0 Å². The van der Waals surface area contributed by atoms with Gasteiger partial charge in [-0.1, -0.05) is 11.6 Å². The van der Waals surface area contributed by atoms with Crippen LogP contribution in [0.3, 0.4) is 0 Å². The van der Waals surface area contributed by atoms with Gasteiger partial charge in [0.05, 0.1) is 9.85 Å². The number of nitrogens with one attached hydrogen (secondary N) is 2. The molecule has 0 radical (unpaired) electrons. The molecule has 2 amide bonds. The van der Waals surface area contributed by atoms with E-state index in [0.29, 0.717) is 0 Å². The Morgan fingerprint density at radius 3 is 2.21 bits per heavy atom. The Kier molecular flexibility index (Phi) is 6.76. The number of carbonyl (C=O) groups excluding carboxylic acids is 3. The zero-order chi connectivity index (χ0) is 21.6. The van der Waals surface area contributed by atoms with Crippen molar-refractivity contribution in [1.82, 2.24) is 10.9 Å². The summed E-state index contributed by atoms with van der Waals surface area (Å²) in [6, 6.07) is 7.83. The van der Waals surface area contributed by atoms with Crippen molar-refractivity contribution in [2.75, 3.05) is 6.61 Å². The monoisotopic (exact) mass is 422 g/mol. The number of benzene rings is 2. The number of carbonyl (C=O) groups is 3. The lowest BCUT2D eigenvalue weighted by Crippen LogP contribution is -2.43. The molecule has 2 aromatic carbocycles. The number of hydrogen-bond acceptors (Lipinski definition) is 8. The third kappa shape index (κ3) is 5.71. The maximum absolute atomic E-state index is 12.0. The summed E-state index contributed by atoms with van der Waals surface area (Å²) in [5, 5.41) is 21.6. The average Bonchev–Trinajstić information content (AvgIpc) is 2.69. The van der Waals surface area contributed by atoms with Crippen LogP contribution in [0.25, 0.3) is 0 Å². The zero-order valence-electron chi connectivity index (χ0n) is 14.3. The Labute approximate surface area is 166 Å². The number of rotatable bonds is 6. The summed E-state index contributed by atoms with van der Waals surface area (Å²) in [6.07, 6.45) is 0. The molecule has 0 bridgehead atoms. The lowest BCUT2D eigenvalue weighted by atomic mass is 10.2. The Bertz CT molecular complexity index is 993. The molecule has 0 saturated heterocycles. The summed E-state index contributed by atoms with van der Waals surface area (Å²) in [5.74, 6) is -2.86. The molecular weight excluding hydrogens is 412 g/mol. The molecule has 0 unspecified atom stereocenters. The van der Waals surface area contributed by atoms with Crippen molar-refractivity contribution in [3.63, 3.8) is 0 Å². The van der Waals surface area contributed by atoms with Gasteiger partial charge < -0.3 is 4.74 Å². The van der Waals surface area contributed by atoms with Crippen molar-refractivity contribution in [3.05, 3.63) is 78.8 Å². The molecular formula is C16H11ClN4O8. The predicted molar refractivity (Wildman–Crippen MR) is 97.1 cm³/mol. The largest absolute Gasteiger partial charge is 0.452 e. The molecule has 0 heterocycles. The van der Waals surface area contributed by atoms with Gasteiger partial charge in [0.2, 0.25) is 0 Å². The fourth-order valence-electron chi connectivity index (χ4n) is 2.01. The van der Waals surface area contributed by atoms with E-state index in [4.69, 9.17) is 11.6 Å². The first-order valence-electron chi connectivity index (χ1n) is 7.63. The summed E-state index contributed by atoms with van der Waals surface area (Å²) in [7, 11) is 0. The van der Waals surface area contributed by atoms with Crippen LogP contribution in [0.2, 0.25) is 5.02 Å². The van der Waals surface area contributed by atoms with Crippen LogP contribution < -0.4 is 10.9 Å². The number of nitro benzene ring substituents is 2. The van der Waals surface area contributed by atoms with E-state index in [1.807, 2.05) is 10.9 Å². The third-order valence-corrected chi connectivity index (χ3v) is 3.60. The molecule has 12 nitrogen and oxygen atoms in total. The van der Waals surface area contributed by atoms with Crippen LogP contribution in [-0.2, 0) is 9.53 Å². The summed E-state index contributed by atoms with van der Waals surface area (Å²) < 4.78 is 4.68. The zero-order valence-corrected chi connectivity index (χ0v) is 15.0. The molecule has 0 spiro atoms. The van der Waals surface area contributed by atoms with Crippen molar-refractivity contribution in [2.24, 2.45) is 0 Å². The van der Waals surface area contributed by atoms with Crippen LogP contribution >= 0.6 is 11.6 Å². The molecule has 0 aromatic heterocycles. The quantitative estimate of drug-likeness (QED) is 0.402. The Hall–Kier alpha value is -4.06. The van der Waals surface area contributed by atoms with E-state index in [1.165, 1.54) is 18.2 Å². The number of esters is 1. The van der Waals surface area contributed by atoms with E-state index in [-0.39, 0.29) is 16.3 Å². The van der Waals surface area contributed by atoms with Gasteiger partial charge in [0.25, 0.3) is 23.2 Å². The van der Waals surface area contributed by atoms with Gasteiger partial charge in [-0.05, 0) is 24.3 Å². The topological polar surface area (TPSA) is 171 Å². The first-order valence-corrected chi connectivity index (χ1v) is 8.01. The maximum Gasteiger partial charge on any atom is 0.345 e. The number of halogens is 1. The van der Waals surface area contributed by atoms with Gasteiger partial charge in [-0.2, -0.15) is 0 Å². The third-order valence-electron chi connectivity index (χ3n) is 3.37. The summed E-state index contributed by atoms with van der Waals surface area (Å²) in [6.45, 7) is -0.844. The summed E-state index contributed by atoms with van der Waals surface area (Å²) in [5.41, 5.74) is 2.81. The number of amides is 2. The van der Waals surface area contributed by atoms with Crippen molar-refractivity contribution in [1.29, 1.82) is 0 Å². The highest BCUT2D eigenvalue weighted by atomic mass is 35.5. The first-order chi connectivity index (χ1) is 13.7. The lowest BCUT2D eigenvalue weighted by Gasteiger charge is -2.08. The average molecular weight is 423 g/mol. The van der Waals surface area contributed by atoms with Crippen molar-refractivity contribution < 1.29 is 29.0 Å². The van der Waals surface area contributed by atoms with Crippen molar-refractivity contribution in [3.8, 4) is 0 Å². The van der Waals surface area contributed by atoms with Crippen LogP contribution in [-0.4, -0.2) is 34.2 Å². The van der Waals surface area contributed by atoms with Crippen LogP contribution in [0.4, 0.5) is 11.4 Å². The molecule has 150 valence electrons. The van der Waals surface area contributed by atoms with Gasteiger partial charge in [-0.25, -0.2) is 4.79 Å². The Morgan fingerprint density at radius 2 is 1.62 bits per heavy atom. The molecule has 0 saturated carbocycles. The number of nitro groups is 2. The Balaban J connectivity index is 1.89. The van der Waals surface area contributed by atoms with E-state index in [9.17, 15) is 34.6 Å². The SMILES string of the molecule is O=C(COC(=O)c1cc(Cl)ccc1[N+](=O)[O-])NNC(=O)c1ccc([N+](=O)[O-])cc1. The highest BCUT2D eigenvalue weighted by Gasteiger charge is 2.22. The van der Waals surface area contributed by atoms with Crippen molar-refractivity contribution >= 4 is 40.8 Å². The van der Waals surface area contributed by atoms with Gasteiger partial charge in [0.15, 0.2) is 6.61 Å². The number of hydrogen-bond donors (Lipinski definition) is 2. The number of non-ortho nitro benzene ring substituents is 1. The van der Waals surface area contributed by atoms with Crippen LogP contribution in [0.1, 0.15) is 20.7 Å². The minimum Gasteiger partial charge on any atom is -0.452 e. The number of ether oxygens (including phenoxy) is 1. The molecule has 29 heavy (non-hydrogen) atoms. The van der Waals surface area contributed by atoms with E-state index in [0.717, 1.165) is 24.3 Å². The molecule has 13 heteroatoms. The highest BCUT2D eigenvalue weighted by Crippen LogP contribution is 2.23. The number of nitrogens with zero attached hydrogens (tertiary/aromatic N) is 2. The second kappa shape index (κ2) is 9.23. The summed E-state index contributed by atoms with van der Waals surface area (Å²) in [4.78, 5) is 55.6. The molecule has 0 aliphatic heterocycles. The molecule has 0 fully saturated rings. The highest BCUT2D eigenvalue weighted by molar-refractivity contribution is 6.31. The predicted octanol–water partition coefficient (Wildman–Crippen LogP) is 1.77. The number of hydrazine groups is 1. The van der Waals surface area contributed by atoms with E-state index in [2.05, 4.69) is 4.74 Å². The smallest absolute Gasteiger partial charge is 0.345 e. The molecule has 2 aromatic rings. The fourth-order valence-corrected chi connectivity index (χ4v) is 2.18. The summed E-state index contributed by atoms with van der Waals surface area (Å²) >= 11 is 5.70. The minimum absolute atomic E-state index is 0.0300. The van der Waals surface area contributed by atoms with Crippen LogP contribution in [0.5, 0.6) is 0 Å². The van der Waals surface area contributed by atoms with Gasteiger partial charge in [0, 0.05) is 28.8 Å². The van der Waals surface area contributed by atoms with Crippen LogP contribution in [0.15, 0.2) is 42.5 Å². The lowest BCUT2D eigenvalue weighted by molar-refractivity contribution is -0.385. The van der Waals surface area contributed by atoms with Gasteiger partial charge >= 0.3 is 5.97 Å². The minimum atomic E-state index is -1.16. The van der Waals surface area contributed by atoms with Gasteiger partial charge in [-0.15, -0.1) is 0 Å². The molecule has 0 aliphatic carbocycles. The molecule has 2 N–H and O–H groups in total. The van der Waals surface area contributed by atoms with E-state index < -0.39 is 45.5 Å². The molecule has 0 atom stereocenters. The Morgan fingerprint density at radius 1 is 0.966 bits per heavy atom. The normalized spacial score (nSPS) is 9.97. The van der Waals surface area contributed by atoms with Gasteiger partial charge in [0.1, 0.15) is 5.56 Å². The molecule has 0 aliphatic rings. The van der Waals surface area contributed by atoms with Crippen LogP contribution in [0, 0.1) is 20.2 Å². The van der Waals surface area contributed by atoms with Crippen molar-refractivity contribution in [2.45, 2.75) is 0 Å².